The van der Waals surface area contributed by atoms with Crippen LogP contribution in [0.25, 0.3) is 20.9 Å². The van der Waals surface area contributed by atoms with E-state index in [-0.39, 0.29) is 6.67 Å². The van der Waals surface area contributed by atoms with Gasteiger partial charge in [0.25, 0.3) is 0 Å². The van der Waals surface area contributed by atoms with Crippen molar-refractivity contribution in [3.63, 3.8) is 0 Å². The van der Waals surface area contributed by atoms with E-state index in [1.165, 1.54) is 0 Å². The summed E-state index contributed by atoms with van der Waals surface area (Å²) in [6.45, 7) is -0.214. The Morgan fingerprint density at radius 1 is 1.50 bits per heavy atom. The average Bonchev–Trinajstić information content (AvgIpc) is 1.89. The Hall–Kier alpha value is -1.91. The maximum absolute atomic E-state index is 10.2. The fraction of sp³-hybridized carbons (Fsp3) is 0.500. The Balaban J connectivity index is 3.59. The second kappa shape index (κ2) is 5.23. The number of azide groups is 2. The van der Waals surface area contributed by atoms with Gasteiger partial charge >= 0.3 is 6.03 Å². The zero-order valence-corrected chi connectivity index (χ0v) is 4.80. The summed E-state index contributed by atoms with van der Waals surface area (Å²) in [5, 5.41) is 7.61. The molecule has 8 heteroatoms. The van der Waals surface area contributed by atoms with Crippen molar-refractivity contribution in [3.8, 4) is 0 Å². The van der Waals surface area contributed by atoms with Gasteiger partial charge in [-0.2, -0.15) is 0 Å². The van der Waals surface area contributed by atoms with E-state index in [9.17, 15) is 4.79 Å². The van der Waals surface area contributed by atoms with Crippen LogP contribution in [0.2, 0.25) is 0 Å². The number of amides is 2. The monoisotopic (exact) mass is 141 g/mol. The number of carbonyl (C=O) groups excluding carboxylic acids is 1. The third kappa shape index (κ3) is 4.25. The van der Waals surface area contributed by atoms with Crippen LogP contribution in [0, 0.1) is 0 Å². The van der Waals surface area contributed by atoms with Crippen LogP contribution in [0.4, 0.5) is 4.79 Å². The van der Waals surface area contributed by atoms with E-state index in [1.807, 2.05) is 5.32 Å². The van der Waals surface area contributed by atoms with E-state index in [0.29, 0.717) is 0 Å². The lowest BCUT2D eigenvalue weighted by molar-refractivity contribution is 0.249. The Bertz CT molecular complexity index is 208. The summed E-state index contributed by atoms with van der Waals surface area (Å²) in [7, 11) is 0. The van der Waals surface area contributed by atoms with Crippen LogP contribution in [0.1, 0.15) is 0 Å². The Kier molecular flexibility index (Phi) is 4.23. The van der Waals surface area contributed by atoms with Crippen molar-refractivity contribution in [3.05, 3.63) is 20.9 Å². The van der Waals surface area contributed by atoms with E-state index in [1.54, 1.807) is 0 Å². The molecule has 1 N–H and O–H groups in total. The molecule has 0 saturated heterocycles. The van der Waals surface area contributed by atoms with E-state index in [4.69, 9.17) is 11.1 Å². The van der Waals surface area contributed by atoms with Crippen LogP contribution in [0.5, 0.6) is 0 Å². The van der Waals surface area contributed by atoms with Crippen molar-refractivity contribution >= 4 is 6.03 Å². The predicted molar refractivity (Wildman–Crippen MR) is 31.7 cm³/mol. The van der Waals surface area contributed by atoms with E-state index >= 15 is 0 Å². The van der Waals surface area contributed by atoms with Gasteiger partial charge in [0.2, 0.25) is 0 Å². The maximum atomic E-state index is 10.2. The van der Waals surface area contributed by atoms with Gasteiger partial charge in [-0.15, -0.1) is 0 Å². The molecule has 0 aromatic rings. The van der Waals surface area contributed by atoms with Gasteiger partial charge in [0.15, 0.2) is 0 Å². The zero-order valence-electron chi connectivity index (χ0n) is 4.80. The number of hydrogen-bond donors (Lipinski definition) is 1. The third-order valence-corrected chi connectivity index (χ3v) is 0.500. The standard InChI is InChI=1S/C2H3N7O/c3-8-6-1-5-2(10)7-9-4/h1H2,(H,5,10). The number of hydrogen-bond acceptors (Lipinski definition) is 2. The van der Waals surface area contributed by atoms with Crippen LogP contribution < -0.4 is 5.32 Å². The van der Waals surface area contributed by atoms with Crippen LogP contribution in [-0.4, -0.2) is 12.7 Å². The first-order valence-electron chi connectivity index (χ1n) is 2.15. The number of rotatable bonds is 2. The molecule has 8 nitrogen and oxygen atoms in total. The molecule has 0 heterocycles. The Morgan fingerprint density at radius 2 is 2.20 bits per heavy atom. The fourth-order valence-corrected chi connectivity index (χ4v) is 0.211. The molecule has 0 bridgehead atoms. The molecular weight excluding hydrogens is 138 g/mol. The number of carbonyl (C=O) groups is 1. The van der Waals surface area contributed by atoms with Crippen LogP contribution in [-0.2, 0) is 0 Å². The molecule has 0 spiro atoms. The Labute approximate surface area is 55.1 Å². The van der Waals surface area contributed by atoms with Crippen molar-refractivity contribution in [2.45, 2.75) is 0 Å². The second-order valence-electron chi connectivity index (χ2n) is 1.06. The van der Waals surface area contributed by atoms with Gasteiger partial charge in [-0.25, -0.2) is 0 Å². The first-order valence-corrected chi connectivity index (χ1v) is 2.15. The topological polar surface area (TPSA) is 127 Å². The van der Waals surface area contributed by atoms with Gasteiger partial charge in [0.05, 0.1) is 6.67 Å². The van der Waals surface area contributed by atoms with Crippen LogP contribution in [0.15, 0.2) is 10.2 Å². The van der Waals surface area contributed by atoms with E-state index < -0.39 is 6.03 Å². The number of nitrogens with zero attached hydrogens (tertiary/aromatic N) is 6. The maximum Gasteiger partial charge on any atom is 0.308 e. The molecule has 2 amide bonds. The van der Waals surface area contributed by atoms with Crippen molar-refractivity contribution in [2.24, 2.45) is 10.2 Å². The molecule has 0 aromatic heterocycles. The molecule has 0 aliphatic rings. The molecule has 0 rings (SSSR count). The molecule has 0 atom stereocenters. The summed E-state index contributed by atoms with van der Waals surface area (Å²) < 4.78 is 0. The largest absolute Gasteiger partial charge is 0.345 e. The van der Waals surface area contributed by atoms with Gasteiger partial charge in [0, 0.05) is 14.9 Å². The summed E-state index contributed by atoms with van der Waals surface area (Å²) in [6, 6.07) is -0.866. The van der Waals surface area contributed by atoms with Gasteiger partial charge in [-0.05, 0) is 11.1 Å². The summed E-state index contributed by atoms with van der Waals surface area (Å²) in [4.78, 5) is 14.7. The summed E-state index contributed by atoms with van der Waals surface area (Å²) in [6.07, 6.45) is 0. The molecule has 0 fully saturated rings. The molecule has 0 aromatic carbocycles. The smallest absolute Gasteiger partial charge is 0.308 e. The molecule has 10 heavy (non-hydrogen) atoms. The molecule has 0 saturated carbocycles. The minimum atomic E-state index is -0.866. The fourth-order valence-electron chi connectivity index (χ4n) is 0.211. The lowest BCUT2D eigenvalue weighted by Gasteiger charge is -1.89. The molecule has 0 aliphatic heterocycles. The van der Waals surface area contributed by atoms with Crippen molar-refractivity contribution in [1.29, 1.82) is 0 Å². The average molecular weight is 141 g/mol. The first kappa shape index (κ1) is 8.09. The summed E-state index contributed by atoms with van der Waals surface area (Å²) in [5.74, 6) is 0. The van der Waals surface area contributed by atoms with Gasteiger partial charge < -0.3 is 5.32 Å². The quantitative estimate of drug-likeness (QED) is 0.346. The van der Waals surface area contributed by atoms with Crippen LogP contribution in [0.3, 0.4) is 0 Å². The summed E-state index contributed by atoms with van der Waals surface area (Å²) in [5.41, 5.74) is 15.4. The molecule has 52 valence electrons. The SMILES string of the molecule is [N-]=[N+]=NCNC(=O)N=[N+]=[N-]. The highest BCUT2D eigenvalue weighted by Crippen LogP contribution is 1.74. The lowest BCUT2D eigenvalue weighted by Crippen LogP contribution is -2.18. The highest BCUT2D eigenvalue weighted by atomic mass is 16.2. The van der Waals surface area contributed by atoms with Gasteiger partial charge in [0.1, 0.15) is 0 Å². The number of nitrogens with one attached hydrogen (secondary N) is 1. The predicted octanol–water partition coefficient (Wildman–Crippen LogP) is 1.27. The van der Waals surface area contributed by atoms with E-state index in [2.05, 4.69) is 20.1 Å². The molecule has 0 aliphatic carbocycles. The first-order chi connectivity index (χ1) is 4.81. The highest BCUT2D eigenvalue weighted by Gasteiger charge is 1.89. The van der Waals surface area contributed by atoms with Gasteiger partial charge in [-0.1, -0.05) is 5.11 Å². The summed E-state index contributed by atoms with van der Waals surface area (Å²) >= 11 is 0. The molecule has 0 unspecified atom stereocenters. The number of urea groups is 1. The zero-order chi connectivity index (χ0) is 7.82. The highest BCUT2D eigenvalue weighted by molar-refractivity contribution is 5.74. The minimum Gasteiger partial charge on any atom is -0.345 e. The van der Waals surface area contributed by atoms with Crippen LogP contribution >= 0.6 is 0 Å². The molecule has 0 radical (unpaired) electrons. The van der Waals surface area contributed by atoms with Crippen molar-refractivity contribution in [2.75, 3.05) is 6.67 Å². The van der Waals surface area contributed by atoms with Crippen molar-refractivity contribution < 1.29 is 4.79 Å². The van der Waals surface area contributed by atoms with E-state index in [0.717, 1.165) is 0 Å². The van der Waals surface area contributed by atoms with Gasteiger partial charge in [-0.3, -0.25) is 4.79 Å². The third-order valence-electron chi connectivity index (χ3n) is 0.500. The molecular formula is C2H3N7O. The second-order valence-corrected chi connectivity index (χ2v) is 1.06. The normalized spacial score (nSPS) is 6.80. The lowest BCUT2D eigenvalue weighted by atomic mass is 11.0. The minimum absolute atomic E-state index is 0.214. The Morgan fingerprint density at radius 3 is 2.70 bits per heavy atom. The van der Waals surface area contributed by atoms with Crippen molar-refractivity contribution in [1.82, 2.24) is 5.32 Å².